The highest BCUT2D eigenvalue weighted by Gasteiger charge is 2.36. The van der Waals surface area contributed by atoms with E-state index < -0.39 is 31.1 Å². The van der Waals surface area contributed by atoms with Gasteiger partial charge in [-0.15, -0.1) is 11.6 Å². The molecule has 4 aromatic rings. The second-order valence-electron chi connectivity index (χ2n) is 13.3. The number of ether oxygens (including phenoxy) is 5. The molecule has 0 aliphatic carbocycles. The van der Waals surface area contributed by atoms with E-state index >= 15 is 0 Å². The van der Waals surface area contributed by atoms with E-state index in [0.29, 0.717) is 45.3 Å². The van der Waals surface area contributed by atoms with Crippen LogP contribution in [0.5, 0.6) is 11.5 Å². The molecule has 3 amide bonds. The van der Waals surface area contributed by atoms with Gasteiger partial charge in [-0.05, 0) is 35.9 Å². The topological polar surface area (TPSA) is 218 Å². The summed E-state index contributed by atoms with van der Waals surface area (Å²) in [6, 6.07) is 12.3. The molecule has 3 atom stereocenters. The molecule has 0 fully saturated rings. The van der Waals surface area contributed by atoms with Crippen LogP contribution in [0.3, 0.4) is 0 Å². The normalized spacial score (nSPS) is 14.6. The zero-order valence-corrected chi connectivity index (χ0v) is 32.9. The maximum atomic E-state index is 14.2. The van der Waals surface area contributed by atoms with E-state index in [0.717, 1.165) is 10.9 Å². The summed E-state index contributed by atoms with van der Waals surface area (Å²) in [7, 11) is 2.87. The van der Waals surface area contributed by atoms with E-state index in [9.17, 15) is 34.5 Å². The van der Waals surface area contributed by atoms with Crippen molar-refractivity contribution in [3.05, 3.63) is 64.8 Å². The Morgan fingerprint density at radius 1 is 0.965 bits per heavy atom. The fourth-order valence-electron chi connectivity index (χ4n) is 6.83. The summed E-state index contributed by atoms with van der Waals surface area (Å²) in [6.45, 7) is 1.18. The number of alkyl halides is 1. The molecule has 2 unspecified atom stereocenters. The zero-order valence-electron chi connectivity index (χ0n) is 32.1. The van der Waals surface area contributed by atoms with Crippen LogP contribution in [-0.2, 0) is 37.0 Å². The highest BCUT2D eigenvalue weighted by atomic mass is 35.5. The van der Waals surface area contributed by atoms with Crippen molar-refractivity contribution in [3.63, 3.8) is 0 Å². The summed E-state index contributed by atoms with van der Waals surface area (Å²) < 4.78 is 27.0. The van der Waals surface area contributed by atoms with Crippen molar-refractivity contribution in [2.45, 2.75) is 64.1 Å². The highest BCUT2D eigenvalue weighted by molar-refractivity contribution is 6.19. The number of aromatic nitrogens is 1. The lowest BCUT2D eigenvalue weighted by molar-refractivity contribution is -0.194. The van der Waals surface area contributed by atoms with Gasteiger partial charge in [0.2, 0.25) is 5.91 Å². The largest absolute Gasteiger partial charge is 0.496 e. The Balaban J connectivity index is 1.19. The molecule has 0 saturated heterocycles. The third kappa shape index (κ3) is 10.1. The number of carbonyl (C=O) groups excluding carboxylic acids is 4. The average Bonchev–Trinajstić information content (AvgIpc) is 3.83. The van der Waals surface area contributed by atoms with Crippen LogP contribution in [0.4, 0.5) is 10.5 Å². The zero-order chi connectivity index (χ0) is 41.1. The Morgan fingerprint density at radius 3 is 2.37 bits per heavy atom. The first-order valence-corrected chi connectivity index (χ1v) is 19.2. The lowest BCUT2D eigenvalue weighted by atomic mass is 9.95. The molecule has 1 aromatic heterocycles. The van der Waals surface area contributed by atoms with Crippen molar-refractivity contribution in [2.75, 3.05) is 57.8 Å². The first kappa shape index (κ1) is 43.2. The van der Waals surface area contributed by atoms with Crippen LogP contribution in [0, 0.1) is 0 Å². The number of benzene rings is 3. The molecule has 308 valence electrons. The average molecular weight is 813 g/mol. The van der Waals surface area contributed by atoms with Gasteiger partial charge in [-0.2, -0.15) is 0 Å². The third-order valence-electron chi connectivity index (χ3n) is 9.78. The minimum Gasteiger partial charge on any atom is -0.496 e. The number of amides is 3. The van der Waals surface area contributed by atoms with Gasteiger partial charge in [0.15, 0.2) is 6.29 Å². The second-order valence-corrected chi connectivity index (χ2v) is 13.6. The molecule has 3 aromatic carbocycles. The number of methoxy groups -OCH3 is 2. The van der Waals surface area contributed by atoms with Crippen molar-refractivity contribution < 1.29 is 58.2 Å². The summed E-state index contributed by atoms with van der Waals surface area (Å²) in [4.78, 5) is 56.4. The van der Waals surface area contributed by atoms with Gasteiger partial charge in [-0.1, -0.05) is 31.2 Å². The first-order valence-electron chi connectivity index (χ1n) is 18.6. The van der Waals surface area contributed by atoms with Crippen molar-refractivity contribution in [3.8, 4) is 11.5 Å². The van der Waals surface area contributed by atoms with E-state index in [1.807, 2.05) is 31.2 Å². The monoisotopic (exact) mass is 812 g/mol. The number of anilines is 1. The maximum absolute atomic E-state index is 14.2. The standard InChI is InChI=1S/C40H49ClN4O12/c1-4-25(19-46)56-36(54-3)22-55-35(50)11-7-10-34(49)42-12-13-43-40(52)57-33-16-31-37(27-9-6-5-8-26(27)33)24(17-41)18-45(31)39(51)30-14-23-15-32(53-2)28(20-47)29(21-48)38(23)44-30/h5-6,8-9,14-16,24-25,36,44,46-48H,4,7,10-13,17-22H2,1-3H3,(H,42,49)(H,43,52)/t24-,25?,36?/m1/s1. The molecular weight excluding hydrogens is 764 g/mol. The number of aromatic amines is 1. The number of halogens is 1. The van der Waals surface area contributed by atoms with E-state index in [4.69, 9.17) is 35.3 Å². The summed E-state index contributed by atoms with van der Waals surface area (Å²) in [5, 5.41) is 36.7. The molecule has 0 bridgehead atoms. The SMILES string of the molecule is CCC(CO)OC(COC(=O)CCCC(=O)NCCNC(=O)Oc1cc2c(c3ccccc13)[C@H](CCl)CN2C(=O)c1cc2cc(OC)c(CO)c(CO)c2[nH]1)OC. The Bertz CT molecular complexity index is 2050. The van der Waals surface area contributed by atoms with Crippen LogP contribution < -0.4 is 25.0 Å². The van der Waals surface area contributed by atoms with Gasteiger partial charge in [0, 0.05) is 79.3 Å². The smallest absolute Gasteiger partial charge is 0.412 e. The van der Waals surface area contributed by atoms with E-state index in [2.05, 4.69) is 15.6 Å². The maximum Gasteiger partial charge on any atom is 0.412 e. The Morgan fingerprint density at radius 2 is 1.70 bits per heavy atom. The molecule has 5 rings (SSSR count). The molecule has 1 aliphatic rings. The Labute approximate surface area is 334 Å². The van der Waals surface area contributed by atoms with E-state index in [-0.39, 0.29) is 93.8 Å². The summed E-state index contributed by atoms with van der Waals surface area (Å²) in [5.41, 5.74) is 2.93. The fraction of sp³-hybridized carbons (Fsp3) is 0.450. The molecule has 0 spiro atoms. The number of aliphatic hydroxyl groups excluding tert-OH is 3. The van der Waals surface area contributed by atoms with Crippen molar-refractivity contribution in [2.24, 2.45) is 0 Å². The number of nitrogens with zero attached hydrogens (tertiary/aromatic N) is 1. The first-order chi connectivity index (χ1) is 27.6. The van der Waals surface area contributed by atoms with Gasteiger partial charge in [0.1, 0.15) is 23.8 Å². The fourth-order valence-corrected chi connectivity index (χ4v) is 7.08. The lowest BCUT2D eigenvalue weighted by Crippen LogP contribution is -2.36. The number of fused-ring (bicyclic) bond motifs is 4. The predicted octanol–water partition coefficient (Wildman–Crippen LogP) is 3.98. The van der Waals surface area contributed by atoms with Gasteiger partial charge in [-0.3, -0.25) is 14.4 Å². The van der Waals surface area contributed by atoms with Crippen LogP contribution in [0.15, 0.2) is 42.5 Å². The highest BCUT2D eigenvalue weighted by Crippen LogP contribution is 2.46. The molecule has 0 radical (unpaired) electrons. The van der Waals surface area contributed by atoms with Crippen molar-refractivity contribution in [1.29, 1.82) is 0 Å². The van der Waals surface area contributed by atoms with Crippen LogP contribution in [0.1, 0.15) is 65.7 Å². The number of hydrogen-bond acceptors (Lipinski definition) is 12. The third-order valence-corrected chi connectivity index (χ3v) is 10.1. The molecule has 16 nitrogen and oxygen atoms in total. The Hall–Kier alpha value is -4.97. The van der Waals surface area contributed by atoms with Crippen molar-refractivity contribution in [1.82, 2.24) is 15.6 Å². The van der Waals surface area contributed by atoms with Gasteiger partial charge < -0.3 is 59.5 Å². The number of nitrogens with one attached hydrogen (secondary N) is 3. The van der Waals surface area contributed by atoms with Gasteiger partial charge in [-0.25, -0.2) is 4.79 Å². The summed E-state index contributed by atoms with van der Waals surface area (Å²) in [5.74, 6) is -0.610. The van der Waals surface area contributed by atoms with E-state index in [1.54, 1.807) is 23.1 Å². The van der Waals surface area contributed by atoms with Crippen LogP contribution in [-0.4, -0.2) is 110 Å². The molecule has 17 heteroatoms. The van der Waals surface area contributed by atoms with Crippen molar-refractivity contribution >= 4 is 62.8 Å². The van der Waals surface area contributed by atoms with Gasteiger partial charge in [0.25, 0.3) is 5.91 Å². The summed E-state index contributed by atoms with van der Waals surface area (Å²) in [6.07, 6.45) is -1.15. The number of hydrogen-bond donors (Lipinski definition) is 6. The lowest BCUT2D eigenvalue weighted by Gasteiger charge is -2.21. The predicted molar refractivity (Wildman–Crippen MR) is 211 cm³/mol. The molecule has 1 aliphatic heterocycles. The Kier molecular flexibility index (Phi) is 15.5. The minimum absolute atomic E-state index is 0.00212. The molecular formula is C40H49ClN4O12. The van der Waals surface area contributed by atoms with Gasteiger partial charge in [0.05, 0.1) is 44.2 Å². The van der Waals surface area contributed by atoms with Crippen LogP contribution in [0.2, 0.25) is 0 Å². The quantitative estimate of drug-likeness (QED) is 0.0323. The van der Waals surface area contributed by atoms with Crippen LogP contribution in [0.25, 0.3) is 21.7 Å². The number of carbonyl (C=O) groups is 4. The number of H-pyrrole nitrogens is 1. The minimum atomic E-state index is -0.816. The molecule has 0 saturated carbocycles. The summed E-state index contributed by atoms with van der Waals surface area (Å²) >= 11 is 6.46. The molecule has 2 heterocycles. The second kappa shape index (κ2) is 20.5. The number of esters is 1. The van der Waals surface area contributed by atoms with E-state index in [1.165, 1.54) is 14.2 Å². The number of aliphatic hydroxyl groups is 3. The number of rotatable bonds is 20. The van der Waals surface area contributed by atoms with Crippen LogP contribution >= 0.6 is 11.6 Å². The molecule has 6 N–H and O–H groups in total. The van der Waals surface area contributed by atoms with Gasteiger partial charge >= 0.3 is 12.1 Å². The molecule has 57 heavy (non-hydrogen) atoms.